The molecule has 1 aromatic heterocycles. The van der Waals surface area contributed by atoms with Gasteiger partial charge >= 0.3 is 0 Å². The van der Waals surface area contributed by atoms with Crippen LogP contribution in [0.25, 0.3) is 6.20 Å². The standard InChI is InChI=1S/C10H15N3/c1-3-13-8-9(7-12-13)6-10(11-2)4-5-10/h3,7-8,11H,1,4-6H2,2H3. The highest BCUT2D eigenvalue weighted by atomic mass is 15.2. The highest BCUT2D eigenvalue weighted by Gasteiger charge is 2.40. The number of hydrogen-bond acceptors (Lipinski definition) is 2. The molecular formula is C10H15N3. The van der Waals surface area contributed by atoms with Crippen LogP contribution in [-0.4, -0.2) is 22.4 Å². The van der Waals surface area contributed by atoms with E-state index in [1.807, 2.05) is 19.4 Å². The summed E-state index contributed by atoms with van der Waals surface area (Å²) in [6.07, 6.45) is 9.30. The SMILES string of the molecule is C=Cn1cc(CC2(NC)CC2)cn1. The monoisotopic (exact) mass is 177 g/mol. The average molecular weight is 177 g/mol. The summed E-state index contributed by atoms with van der Waals surface area (Å²) in [7, 11) is 2.03. The minimum Gasteiger partial charge on any atom is -0.314 e. The van der Waals surface area contributed by atoms with Crippen LogP contribution in [0.1, 0.15) is 18.4 Å². The molecule has 0 saturated heterocycles. The van der Waals surface area contributed by atoms with Crippen molar-refractivity contribution in [3.05, 3.63) is 24.5 Å². The van der Waals surface area contributed by atoms with Crippen molar-refractivity contribution in [2.24, 2.45) is 0 Å². The first-order chi connectivity index (χ1) is 6.28. The fourth-order valence-electron chi connectivity index (χ4n) is 1.63. The van der Waals surface area contributed by atoms with Gasteiger partial charge in [-0.25, -0.2) is 4.68 Å². The quantitative estimate of drug-likeness (QED) is 0.750. The smallest absolute Gasteiger partial charge is 0.0526 e. The Balaban J connectivity index is 2.05. The number of nitrogens with zero attached hydrogens (tertiary/aromatic N) is 2. The molecule has 0 atom stereocenters. The summed E-state index contributed by atoms with van der Waals surface area (Å²) in [5.41, 5.74) is 1.65. The van der Waals surface area contributed by atoms with Crippen LogP contribution in [0.15, 0.2) is 19.0 Å². The number of likely N-dealkylation sites (N-methyl/N-ethyl adjacent to an activating group) is 1. The summed E-state index contributed by atoms with van der Waals surface area (Å²) in [6.45, 7) is 3.66. The lowest BCUT2D eigenvalue weighted by Gasteiger charge is -2.11. The minimum atomic E-state index is 0.370. The van der Waals surface area contributed by atoms with Gasteiger partial charge in [0.15, 0.2) is 0 Å². The van der Waals surface area contributed by atoms with Crippen molar-refractivity contribution in [3.63, 3.8) is 0 Å². The van der Waals surface area contributed by atoms with E-state index in [2.05, 4.69) is 17.0 Å². The second kappa shape index (κ2) is 3.00. The van der Waals surface area contributed by atoms with Crippen molar-refractivity contribution in [3.8, 4) is 0 Å². The molecule has 1 heterocycles. The Morgan fingerprint density at radius 1 is 1.77 bits per heavy atom. The topological polar surface area (TPSA) is 29.9 Å². The Labute approximate surface area is 78.4 Å². The molecule has 0 bridgehead atoms. The zero-order valence-electron chi connectivity index (χ0n) is 7.95. The van der Waals surface area contributed by atoms with Crippen LogP contribution < -0.4 is 5.32 Å². The molecule has 3 nitrogen and oxygen atoms in total. The Bertz CT molecular complexity index is 310. The van der Waals surface area contributed by atoms with Crippen molar-refractivity contribution < 1.29 is 0 Å². The van der Waals surface area contributed by atoms with E-state index in [-0.39, 0.29) is 0 Å². The molecule has 0 aliphatic heterocycles. The minimum absolute atomic E-state index is 0.370. The van der Waals surface area contributed by atoms with E-state index in [0.717, 1.165) is 6.42 Å². The van der Waals surface area contributed by atoms with E-state index in [4.69, 9.17) is 0 Å². The summed E-state index contributed by atoms with van der Waals surface area (Å²) >= 11 is 0. The third-order valence-corrected chi connectivity index (χ3v) is 2.77. The largest absolute Gasteiger partial charge is 0.314 e. The Morgan fingerprint density at radius 2 is 2.54 bits per heavy atom. The molecule has 0 radical (unpaired) electrons. The summed E-state index contributed by atoms with van der Waals surface area (Å²) < 4.78 is 1.75. The van der Waals surface area contributed by atoms with Gasteiger partial charge in [-0.2, -0.15) is 5.10 Å². The molecule has 1 aliphatic carbocycles. The summed E-state index contributed by atoms with van der Waals surface area (Å²) in [5.74, 6) is 0. The van der Waals surface area contributed by atoms with Gasteiger partial charge in [-0.1, -0.05) is 6.58 Å². The molecule has 0 aromatic carbocycles. The fraction of sp³-hybridized carbons (Fsp3) is 0.500. The number of rotatable bonds is 4. The first-order valence-corrected chi connectivity index (χ1v) is 4.62. The molecule has 1 aliphatic rings. The summed E-state index contributed by atoms with van der Waals surface area (Å²) in [4.78, 5) is 0. The van der Waals surface area contributed by atoms with Crippen LogP contribution >= 0.6 is 0 Å². The van der Waals surface area contributed by atoms with Crippen LogP contribution in [0, 0.1) is 0 Å². The van der Waals surface area contributed by atoms with E-state index in [1.54, 1.807) is 10.9 Å². The highest BCUT2D eigenvalue weighted by Crippen LogP contribution is 2.37. The second-order valence-electron chi connectivity index (χ2n) is 3.72. The van der Waals surface area contributed by atoms with Crippen LogP contribution in [0.4, 0.5) is 0 Å². The summed E-state index contributed by atoms with van der Waals surface area (Å²) in [5, 5.41) is 7.52. The molecule has 1 N–H and O–H groups in total. The van der Waals surface area contributed by atoms with Gasteiger partial charge in [0.2, 0.25) is 0 Å². The lowest BCUT2D eigenvalue weighted by Crippen LogP contribution is -2.29. The Morgan fingerprint density at radius 3 is 3.00 bits per heavy atom. The fourth-order valence-corrected chi connectivity index (χ4v) is 1.63. The number of hydrogen-bond donors (Lipinski definition) is 1. The summed E-state index contributed by atoms with van der Waals surface area (Å²) in [6, 6.07) is 0. The molecule has 0 amide bonds. The first-order valence-electron chi connectivity index (χ1n) is 4.62. The van der Waals surface area contributed by atoms with Crippen LogP contribution in [0.5, 0.6) is 0 Å². The molecule has 2 rings (SSSR count). The van der Waals surface area contributed by atoms with E-state index >= 15 is 0 Å². The normalized spacial score (nSPS) is 18.5. The molecule has 1 saturated carbocycles. The van der Waals surface area contributed by atoms with Gasteiger partial charge in [-0.15, -0.1) is 0 Å². The Hall–Kier alpha value is -1.09. The predicted molar refractivity (Wildman–Crippen MR) is 53.3 cm³/mol. The maximum atomic E-state index is 4.15. The van der Waals surface area contributed by atoms with Gasteiger partial charge in [0, 0.05) is 17.9 Å². The van der Waals surface area contributed by atoms with E-state index in [0.29, 0.717) is 5.54 Å². The molecule has 1 aromatic rings. The van der Waals surface area contributed by atoms with E-state index in [1.165, 1.54) is 18.4 Å². The van der Waals surface area contributed by atoms with Gasteiger partial charge in [0.25, 0.3) is 0 Å². The molecule has 1 fully saturated rings. The van der Waals surface area contributed by atoms with Gasteiger partial charge < -0.3 is 5.32 Å². The Kier molecular flexibility index (Phi) is 1.96. The van der Waals surface area contributed by atoms with E-state index in [9.17, 15) is 0 Å². The zero-order valence-corrected chi connectivity index (χ0v) is 7.95. The van der Waals surface area contributed by atoms with Crippen LogP contribution in [0.2, 0.25) is 0 Å². The highest BCUT2D eigenvalue weighted by molar-refractivity contribution is 5.21. The first kappa shape index (κ1) is 8.51. The number of nitrogens with one attached hydrogen (secondary N) is 1. The maximum absolute atomic E-state index is 4.15. The van der Waals surface area contributed by atoms with Crippen molar-refractivity contribution in [2.45, 2.75) is 24.8 Å². The van der Waals surface area contributed by atoms with Crippen molar-refractivity contribution in [2.75, 3.05) is 7.05 Å². The maximum Gasteiger partial charge on any atom is 0.0526 e. The molecule has 0 spiro atoms. The molecule has 3 heteroatoms. The van der Waals surface area contributed by atoms with Crippen molar-refractivity contribution in [1.82, 2.24) is 15.1 Å². The van der Waals surface area contributed by atoms with Crippen molar-refractivity contribution >= 4 is 6.20 Å². The third kappa shape index (κ3) is 1.65. The van der Waals surface area contributed by atoms with Gasteiger partial charge in [0.1, 0.15) is 0 Å². The third-order valence-electron chi connectivity index (χ3n) is 2.77. The van der Waals surface area contributed by atoms with Crippen LogP contribution in [-0.2, 0) is 6.42 Å². The van der Waals surface area contributed by atoms with Crippen LogP contribution in [0.3, 0.4) is 0 Å². The van der Waals surface area contributed by atoms with E-state index < -0.39 is 0 Å². The molecule has 70 valence electrons. The lowest BCUT2D eigenvalue weighted by atomic mass is 10.1. The molecule has 0 unspecified atom stereocenters. The average Bonchev–Trinajstić information content (AvgIpc) is 2.77. The number of aromatic nitrogens is 2. The van der Waals surface area contributed by atoms with Gasteiger partial charge in [-0.3, -0.25) is 0 Å². The van der Waals surface area contributed by atoms with Gasteiger partial charge in [0.05, 0.1) is 6.20 Å². The molecule has 13 heavy (non-hydrogen) atoms. The molecular weight excluding hydrogens is 162 g/mol. The second-order valence-corrected chi connectivity index (χ2v) is 3.72. The predicted octanol–water partition coefficient (Wildman–Crippen LogP) is 1.28. The zero-order chi connectivity index (χ0) is 9.31. The van der Waals surface area contributed by atoms with Crippen molar-refractivity contribution in [1.29, 1.82) is 0 Å². The lowest BCUT2D eigenvalue weighted by molar-refractivity contribution is 0.549. The van der Waals surface area contributed by atoms with Gasteiger partial charge in [-0.05, 0) is 31.9 Å².